The summed E-state index contributed by atoms with van der Waals surface area (Å²) in [7, 11) is 1.64. The number of aliphatic hydroxyl groups excluding tert-OH is 1. The molecule has 1 rings (SSSR count). The second-order valence-electron chi connectivity index (χ2n) is 6.53. The van der Waals surface area contributed by atoms with E-state index in [-0.39, 0.29) is 17.1 Å². The van der Waals surface area contributed by atoms with E-state index in [0.29, 0.717) is 0 Å². The van der Waals surface area contributed by atoms with Gasteiger partial charge in [0.15, 0.2) is 0 Å². The van der Waals surface area contributed by atoms with Gasteiger partial charge in [-0.05, 0) is 48.0 Å². The van der Waals surface area contributed by atoms with Crippen LogP contribution >= 0.6 is 0 Å². The maximum atomic E-state index is 10.4. The Morgan fingerprint density at radius 3 is 2.12 bits per heavy atom. The Bertz CT molecular complexity index is 256. The molecule has 1 aliphatic heterocycles. The lowest BCUT2D eigenvalue weighted by molar-refractivity contribution is -0.136. The highest BCUT2D eigenvalue weighted by molar-refractivity contribution is 5.01. The Balaban J connectivity index is 2.89. The van der Waals surface area contributed by atoms with E-state index < -0.39 is 11.7 Å². The number of rotatable bonds is 3. The molecule has 1 saturated heterocycles. The molecule has 2 atom stereocenters. The van der Waals surface area contributed by atoms with E-state index in [0.717, 1.165) is 6.42 Å². The van der Waals surface area contributed by atoms with Crippen molar-refractivity contribution in [3.8, 4) is 0 Å². The quantitative estimate of drug-likeness (QED) is 0.809. The fourth-order valence-electron chi connectivity index (χ4n) is 2.70. The molecule has 3 nitrogen and oxygen atoms in total. The lowest BCUT2D eigenvalue weighted by atomic mass is 9.77. The van der Waals surface area contributed by atoms with Gasteiger partial charge in [-0.15, -0.1) is 0 Å². The molecule has 0 amide bonds. The van der Waals surface area contributed by atoms with Crippen molar-refractivity contribution in [3.05, 3.63) is 0 Å². The standard InChI is InChI=1S/C13H26O3/c1-11(2)8-9(12(3,4)16-11)10(14)13(5,6)15-7/h9-10,14H,8H2,1-7H3. The van der Waals surface area contributed by atoms with Crippen LogP contribution in [0.1, 0.15) is 48.0 Å². The van der Waals surface area contributed by atoms with Crippen molar-refractivity contribution in [3.63, 3.8) is 0 Å². The van der Waals surface area contributed by atoms with Crippen LogP contribution in [0.5, 0.6) is 0 Å². The molecule has 0 aromatic rings. The van der Waals surface area contributed by atoms with E-state index in [1.165, 1.54) is 0 Å². The number of ether oxygens (including phenoxy) is 2. The first-order chi connectivity index (χ1) is 7.02. The highest BCUT2D eigenvalue weighted by atomic mass is 16.5. The van der Waals surface area contributed by atoms with Crippen LogP contribution in [0.15, 0.2) is 0 Å². The van der Waals surface area contributed by atoms with Crippen molar-refractivity contribution in [2.24, 2.45) is 5.92 Å². The third-order valence-electron chi connectivity index (χ3n) is 3.76. The molecule has 1 aliphatic rings. The van der Waals surface area contributed by atoms with Gasteiger partial charge in [0.25, 0.3) is 0 Å². The summed E-state index contributed by atoms with van der Waals surface area (Å²) < 4.78 is 11.4. The first-order valence-electron chi connectivity index (χ1n) is 5.95. The number of aliphatic hydroxyl groups is 1. The molecular weight excluding hydrogens is 204 g/mol. The van der Waals surface area contributed by atoms with Gasteiger partial charge in [0.05, 0.1) is 22.9 Å². The van der Waals surface area contributed by atoms with E-state index in [9.17, 15) is 5.11 Å². The summed E-state index contributed by atoms with van der Waals surface area (Å²) in [6.45, 7) is 12.1. The minimum absolute atomic E-state index is 0.0949. The molecular formula is C13H26O3. The molecule has 0 spiro atoms. The summed E-state index contributed by atoms with van der Waals surface area (Å²) >= 11 is 0. The van der Waals surface area contributed by atoms with Gasteiger partial charge in [0.2, 0.25) is 0 Å². The lowest BCUT2D eigenvalue weighted by Crippen LogP contribution is -2.48. The van der Waals surface area contributed by atoms with E-state index in [2.05, 4.69) is 13.8 Å². The second kappa shape index (κ2) is 3.97. The van der Waals surface area contributed by atoms with Crippen molar-refractivity contribution < 1.29 is 14.6 Å². The number of methoxy groups -OCH3 is 1. The van der Waals surface area contributed by atoms with E-state index in [1.807, 2.05) is 27.7 Å². The van der Waals surface area contributed by atoms with Crippen LogP contribution in [-0.4, -0.2) is 35.1 Å². The van der Waals surface area contributed by atoms with Crippen LogP contribution < -0.4 is 0 Å². The predicted molar refractivity (Wildman–Crippen MR) is 64.4 cm³/mol. The van der Waals surface area contributed by atoms with Crippen molar-refractivity contribution in [1.82, 2.24) is 0 Å². The van der Waals surface area contributed by atoms with Crippen LogP contribution in [0.4, 0.5) is 0 Å². The Morgan fingerprint density at radius 2 is 1.81 bits per heavy atom. The molecule has 3 heteroatoms. The zero-order valence-corrected chi connectivity index (χ0v) is 11.6. The highest BCUT2D eigenvalue weighted by Crippen LogP contribution is 2.45. The summed E-state index contributed by atoms with van der Waals surface area (Å²) in [5, 5.41) is 10.4. The molecule has 16 heavy (non-hydrogen) atoms. The molecule has 1 N–H and O–H groups in total. The highest BCUT2D eigenvalue weighted by Gasteiger charge is 2.52. The number of hydrogen-bond donors (Lipinski definition) is 1. The Kier molecular flexibility index (Phi) is 3.46. The minimum atomic E-state index is -0.536. The van der Waals surface area contributed by atoms with Crippen molar-refractivity contribution >= 4 is 0 Å². The summed E-state index contributed by atoms with van der Waals surface area (Å²) in [6.07, 6.45) is 0.336. The molecule has 0 aromatic heterocycles. The summed E-state index contributed by atoms with van der Waals surface area (Å²) in [4.78, 5) is 0. The third kappa shape index (κ3) is 2.58. The normalized spacial score (nSPS) is 30.4. The average Bonchev–Trinajstić information content (AvgIpc) is 2.32. The third-order valence-corrected chi connectivity index (χ3v) is 3.76. The molecule has 0 aromatic carbocycles. The SMILES string of the molecule is COC(C)(C)C(O)C1CC(C)(C)OC1(C)C. The topological polar surface area (TPSA) is 38.7 Å². The van der Waals surface area contributed by atoms with Gasteiger partial charge in [-0.2, -0.15) is 0 Å². The summed E-state index contributed by atoms with van der Waals surface area (Å²) in [6, 6.07) is 0. The van der Waals surface area contributed by atoms with Gasteiger partial charge in [-0.3, -0.25) is 0 Å². The first kappa shape index (κ1) is 13.9. The van der Waals surface area contributed by atoms with Crippen LogP contribution in [0.2, 0.25) is 0 Å². The second-order valence-corrected chi connectivity index (χ2v) is 6.53. The molecule has 0 saturated carbocycles. The molecule has 0 aliphatic carbocycles. The first-order valence-corrected chi connectivity index (χ1v) is 5.95. The average molecular weight is 230 g/mol. The van der Waals surface area contributed by atoms with Crippen molar-refractivity contribution in [2.45, 2.75) is 70.9 Å². The zero-order valence-electron chi connectivity index (χ0n) is 11.6. The fourth-order valence-corrected chi connectivity index (χ4v) is 2.70. The maximum Gasteiger partial charge on any atom is 0.0884 e. The van der Waals surface area contributed by atoms with Gasteiger partial charge in [0, 0.05) is 13.0 Å². The zero-order chi connectivity index (χ0) is 12.8. The predicted octanol–water partition coefficient (Wildman–Crippen LogP) is 2.37. The molecule has 1 fully saturated rings. The Morgan fingerprint density at radius 1 is 1.31 bits per heavy atom. The summed E-state index contributed by atoms with van der Waals surface area (Å²) in [5.41, 5.74) is -1.01. The monoisotopic (exact) mass is 230 g/mol. The molecule has 96 valence electrons. The van der Waals surface area contributed by atoms with Gasteiger partial charge in [-0.1, -0.05) is 0 Å². The van der Waals surface area contributed by atoms with E-state index in [1.54, 1.807) is 7.11 Å². The van der Waals surface area contributed by atoms with E-state index in [4.69, 9.17) is 9.47 Å². The molecule has 0 bridgehead atoms. The minimum Gasteiger partial charge on any atom is -0.390 e. The Labute approximate surface area is 99.1 Å². The molecule has 1 heterocycles. The van der Waals surface area contributed by atoms with Crippen molar-refractivity contribution in [1.29, 1.82) is 0 Å². The van der Waals surface area contributed by atoms with Crippen molar-refractivity contribution in [2.75, 3.05) is 7.11 Å². The largest absolute Gasteiger partial charge is 0.390 e. The van der Waals surface area contributed by atoms with E-state index >= 15 is 0 Å². The van der Waals surface area contributed by atoms with Gasteiger partial charge in [-0.25, -0.2) is 0 Å². The van der Waals surface area contributed by atoms with Crippen LogP contribution in [0.3, 0.4) is 0 Å². The lowest BCUT2D eigenvalue weighted by Gasteiger charge is -2.38. The number of hydrogen-bond acceptors (Lipinski definition) is 3. The maximum absolute atomic E-state index is 10.4. The van der Waals surface area contributed by atoms with Gasteiger partial charge < -0.3 is 14.6 Å². The molecule has 2 unspecified atom stereocenters. The smallest absolute Gasteiger partial charge is 0.0884 e. The van der Waals surface area contributed by atoms with Crippen LogP contribution in [0.25, 0.3) is 0 Å². The van der Waals surface area contributed by atoms with Crippen LogP contribution in [-0.2, 0) is 9.47 Å². The summed E-state index contributed by atoms with van der Waals surface area (Å²) in [5.74, 6) is 0.0949. The van der Waals surface area contributed by atoms with Crippen LogP contribution in [0, 0.1) is 5.92 Å². The fraction of sp³-hybridized carbons (Fsp3) is 1.00. The van der Waals surface area contributed by atoms with Gasteiger partial charge >= 0.3 is 0 Å². The van der Waals surface area contributed by atoms with Gasteiger partial charge in [0.1, 0.15) is 0 Å². The Hall–Kier alpha value is -0.120. The molecule has 0 radical (unpaired) electrons.